The molecule has 2 aliphatic rings. The van der Waals surface area contributed by atoms with Crippen LogP contribution in [0.4, 0.5) is 20.6 Å². The second-order valence-corrected chi connectivity index (χ2v) is 11.6. The average Bonchev–Trinajstić information content (AvgIpc) is 2.92. The van der Waals surface area contributed by atoms with Gasteiger partial charge in [0.05, 0.1) is 34.4 Å². The summed E-state index contributed by atoms with van der Waals surface area (Å²) in [6.45, 7) is 5.81. The molecule has 1 saturated heterocycles. The van der Waals surface area contributed by atoms with Crippen LogP contribution in [0.3, 0.4) is 0 Å². The third kappa shape index (κ3) is 6.84. The fourth-order valence-corrected chi connectivity index (χ4v) is 5.22. The number of benzene rings is 2. The van der Waals surface area contributed by atoms with Crippen molar-refractivity contribution in [2.75, 3.05) is 29.5 Å². The van der Waals surface area contributed by atoms with Gasteiger partial charge in [0.25, 0.3) is 5.91 Å². The van der Waals surface area contributed by atoms with Gasteiger partial charge in [-0.2, -0.15) is 5.26 Å². The van der Waals surface area contributed by atoms with E-state index in [-0.39, 0.29) is 29.0 Å². The molecule has 0 aliphatic carbocycles. The lowest BCUT2D eigenvalue weighted by molar-refractivity contribution is -0.140. The first kappa shape index (κ1) is 30.0. The summed E-state index contributed by atoms with van der Waals surface area (Å²) in [6, 6.07) is 11.6. The predicted octanol–water partition coefficient (Wildman–Crippen LogP) is 4.47. The summed E-state index contributed by atoms with van der Waals surface area (Å²) in [4.78, 5) is 29.9. The fraction of sp³-hybridized carbons (Fsp3) is 0.414. The summed E-state index contributed by atoms with van der Waals surface area (Å²) < 4.78 is 25.1. The van der Waals surface area contributed by atoms with Gasteiger partial charge in [-0.15, -0.1) is 0 Å². The SMILES string of the molecule is CC(C)(C)OC(=O)N1CC(C(=O)N2CCC(C#N)(Cc3ccc(F)cc3)CC2)Oc2cc(N(N)/C=C\N)c(Cl)cc21. The van der Waals surface area contributed by atoms with Crippen LogP contribution in [0, 0.1) is 22.6 Å². The molecule has 1 atom stereocenters. The van der Waals surface area contributed by atoms with E-state index in [0.29, 0.717) is 43.7 Å². The molecule has 10 nitrogen and oxygen atoms in total. The number of hydrogen-bond acceptors (Lipinski definition) is 8. The molecule has 2 aromatic carbocycles. The Bertz CT molecular complexity index is 1360. The third-order valence-corrected chi connectivity index (χ3v) is 7.38. The van der Waals surface area contributed by atoms with Crippen LogP contribution in [0.5, 0.6) is 5.75 Å². The van der Waals surface area contributed by atoms with Crippen molar-refractivity contribution in [2.24, 2.45) is 17.0 Å². The third-order valence-electron chi connectivity index (χ3n) is 7.08. The monoisotopic (exact) mass is 584 g/mol. The molecule has 4 rings (SSSR count). The Kier molecular flexibility index (Phi) is 8.66. The topological polar surface area (TPSA) is 138 Å². The van der Waals surface area contributed by atoms with Crippen LogP contribution in [0.15, 0.2) is 48.8 Å². The maximum absolute atomic E-state index is 13.7. The summed E-state index contributed by atoms with van der Waals surface area (Å²) in [5.41, 5.74) is 5.56. The van der Waals surface area contributed by atoms with E-state index in [0.717, 1.165) is 5.56 Å². The molecule has 1 unspecified atom stereocenters. The second-order valence-electron chi connectivity index (χ2n) is 11.2. The summed E-state index contributed by atoms with van der Waals surface area (Å²) in [7, 11) is 0. The highest BCUT2D eigenvalue weighted by atomic mass is 35.5. The van der Waals surface area contributed by atoms with Crippen LogP contribution in [0.25, 0.3) is 0 Å². The van der Waals surface area contributed by atoms with Crippen molar-refractivity contribution in [1.29, 1.82) is 5.26 Å². The highest BCUT2D eigenvalue weighted by Crippen LogP contribution is 2.42. The minimum Gasteiger partial charge on any atom is -0.476 e. The van der Waals surface area contributed by atoms with Crippen LogP contribution in [0.2, 0.25) is 5.02 Å². The Morgan fingerprint density at radius 3 is 2.51 bits per heavy atom. The molecule has 41 heavy (non-hydrogen) atoms. The molecule has 0 aromatic heterocycles. The van der Waals surface area contributed by atoms with E-state index in [2.05, 4.69) is 6.07 Å². The van der Waals surface area contributed by atoms with Gasteiger partial charge in [0.2, 0.25) is 0 Å². The maximum Gasteiger partial charge on any atom is 0.415 e. The number of carbonyl (C=O) groups excluding carboxylic acids is 2. The molecule has 4 N–H and O–H groups in total. The van der Waals surface area contributed by atoms with Gasteiger partial charge in [-0.05, 0) is 63.8 Å². The molecule has 1 fully saturated rings. The van der Waals surface area contributed by atoms with Crippen molar-refractivity contribution >= 4 is 35.0 Å². The molecule has 2 heterocycles. The van der Waals surface area contributed by atoms with Gasteiger partial charge >= 0.3 is 6.09 Å². The van der Waals surface area contributed by atoms with Crippen molar-refractivity contribution in [3.63, 3.8) is 0 Å². The quantitative estimate of drug-likeness (QED) is 0.388. The number of amides is 2. The normalized spacial score (nSPS) is 18.3. The highest BCUT2D eigenvalue weighted by Gasteiger charge is 2.42. The van der Waals surface area contributed by atoms with E-state index in [1.165, 1.54) is 46.6 Å². The van der Waals surface area contributed by atoms with Gasteiger partial charge in [-0.1, -0.05) is 23.7 Å². The first-order valence-electron chi connectivity index (χ1n) is 13.2. The van der Waals surface area contributed by atoms with Crippen molar-refractivity contribution in [1.82, 2.24) is 4.90 Å². The lowest BCUT2D eigenvalue weighted by Gasteiger charge is -2.41. The molecule has 2 aromatic rings. The number of likely N-dealkylation sites (tertiary alicyclic amines) is 1. The first-order chi connectivity index (χ1) is 19.3. The molecule has 218 valence electrons. The van der Waals surface area contributed by atoms with E-state index >= 15 is 0 Å². The largest absolute Gasteiger partial charge is 0.476 e. The van der Waals surface area contributed by atoms with Gasteiger partial charge in [0.1, 0.15) is 17.2 Å². The van der Waals surface area contributed by atoms with Crippen LogP contribution in [-0.2, 0) is 16.0 Å². The minimum atomic E-state index is -1.04. The smallest absolute Gasteiger partial charge is 0.415 e. The molecule has 0 bridgehead atoms. The average molecular weight is 585 g/mol. The number of nitrogens with zero attached hydrogens (tertiary/aromatic N) is 4. The number of nitriles is 1. The van der Waals surface area contributed by atoms with E-state index in [1.807, 2.05) is 0 Å². The van der Waals surface area contributed by atoms with Crippen LogP contribution in [0.1, 0.15) is 39.2 Å². The van der Waals surface area contributed by atoms with Crippen molar-refractivity contribution in [3.8, 4) is 11.8 Å². The van der Waals surface area contributed by atoms with Crippen molar-refractivity contribution in [2.45, 2.75) is 51.7 Å². The number of ether oxygens (including phenoxy) is 2. The van der Waals surface area contributed by atoms with Gasteiger partial charge in [0.15, 0.2) is 6.10 Å². The molecule has 0 saturated carbocycles. The van der Waals surface area contributed by atoms with E-state index in [9.17, 15) is 19.2 Å². The fourth-order valence-electron chi connectivity index (χ4n) is 4.96. The zero-order valence-electron chi connectivity index (χ0n) is 23.3. The summed E-state index contributed by atoms with van der Waals surface area (Å²) in [5, 5.41) is 11.4. The number of halogens is 2. The Labute approximate surface area is 243 Å². The Morgan fingerprint density at radius 1 is 1.27 bits per heavy atom. The van der Waals surface area contributed by atoms with Gasteiger partial charge < -0.3 is 20.1 Å². The maximum atomic E-state index is 13.7. The summed E-state index contributed by atoms with van der Waals surface area (Å²) in [6.07, 6.45) is 2.29. The number of fused-ring (bicyclic) bond motifs is 1. The van der Waals surface area contributed by atoms with Crippen LogP contribution in [-0.4, -0.2) is 48.2 Å². The van der Waals surface area contributed by atoms with E-state index in [1.54, 1.807) is 37.8 Å². The van der Waals surface area contributed by atoms with Crippen molar-refractivity contribution in [3.05, 3.63) is 65.2 Å². The number of anilines is 2. The number of rotatable bonds is 5. The molecule has 12 heteroatoms. The lowest BCUT2D eigenvalue weighted by atomic mass is 9.75. The molecular formula is C29H34ClFN6O4. The van der Waals surface area contributed by atoms with Gasteiger partial charge in [-0.3, -0.25) is 14.7 Å². The van der Waals surface area contributed by atoms with Gasteiger partial charge in [0, 0.05) is 31.6 Å². The van der Waals surface area contributed by atoms with Crippen molar-refractivity contribution < 1.29 is 23.5 Å². The summed E-state index contributed by atoms with van der Waals surface area (Å²) >= 11 is 6.47. The van der Waals surface area contributed by atoms with Gasteiger partial charge in [-0.25, -0.2) is 15.0 Å². The molecule has 2 aliphatic heterocycles. The van der Waals surface area contributed by atoms with Crippen LogP contribution < -0.4 is 26.2 Å². The zero-order chi connectivity index (χ0) is 29.9. The molecule has 0 radical (unpaired) electrons. The molecular weight excluding hydrogens is 551 g/mol. The second kappa shape index (κ2) is 11.8. The Hall–Kier alpha value is -4.01. The van der Waals surface area contributed by atoms with E-state index < -0.39 is 23.2 Å². The molecule has 2 amide bonds. The number of hydrazine groups is 1. The standard InChI is InChI=1S/C29H34ClFN6O4/c1-28(2,3)41-27(39)36-17-25(40-24-15-22(37(34)13-10-32)21(30)14-23(24)36)26(38)35-11-8-29(18-33,9-12-35)16-19-4-6-20(31)7-5-19/h4-7,10,13-15,25H,8-9,11-12,16-17,32,34H2,1-3H3/b13-10-. The Balaban J connectivity index is 1.56. The summed E-state index contributed by atoms with van der Waals surface area (Å²) in [5.74, 6) is 5.60. The Morgan fingerprint density at radius 2 is 1.93 bits per heavy atom. The number of hydrogen-bond donors (Lipinski definition) is 2. The van der Waals surface area contributed by atoms with Crippen LogP contribution >= 0.6 is 11.6 Å². The highest BCUT2D eigenvalue weighted by molar-refractivity contribution is 6.33. The number of carbonyl (C=O) groups is 2. The zero-order valence-corrected chi connectivity index (χ0v) is 24.0. The predicted molar refractivity (Wildman–Crippen MR) is 153 cm³/mol. The van der Waals surface area contributed by atoms with E-state index in [4.69, 9.17) is 32.7 Å². The number of nitrogens with two attached hydrogens (primary N) is 2. The lowest BCUT2D eigenvalue weighted by Crippen LogP contribution is -2.54. The first-order valence-corrected chi connectivity index (χ1v) is 13.6. The number of piperidine rings is 1. The minimum absolute atomic E-state index is 0.0963. The molecule has 0 spiro atoms.